The standard InChI is InChI=1S/C18H25N3O3/c22-14-13-21(12-6-9-16-7-2-1-3-8-16)18(24)19-15-17(23)20-10-4-5-11-20/h1-3,6-9,22H,4-5,10-15H2,(H,19,24)/b9-6+. The zero-order chi connectivity index (χ0) is 17.2. The molecule has 1 aromatic rings. The first-order chi connectivity index (χ1) is 11.7. The van der Waals surface area contributed by atoms with Gasteiger partial charge in [-0.25, -0.2) is 4.79 Å². The van der Waals surface area contributed by atoms with E-state index >= 15 is 0 Å². The van der Waals surface area contributed by atoms with E-state index < -0.39 is 0 Å². The van der Waals surface area contributed by atoms with Crippen LogP contribution in [-0.4, -0.2) is 66.2 Å². The predicted octanol–water partition coefficient (Wildman–Crippen LogP) is 1.33. The summed E-state index contributed by atoms with van der Waals surface area (Å²) < 4.78 is 0. The van der Waals surface area contributed by atoms with E-state index in [1.807, 2.05) is 42.5 Å². The number of amides is 3. The third-order valence-electron chi connectivity index (χ3n) is 3.94. The molecule has 6 nitrogen and oxygen atoms in total. The van der Waals surface area contributed by atoms with Crippen molar-refractivity contribution < 1.29 is 14.7 Å². The monoisotopic (exact) mass is 331 g/mol. The van der Waals surface area contributed by atoms with Crippen LogP contribution in [0.4, 0.5) is 4.79 Å². The second-order valence-corrected chi connectivity index (χ2v) is 5.73. The van der Waals surface area contributed by atoms with Crippen LogP contribution in [-0.2, 0) is 4.79 Å². The van der Waals surface area contributed by atoms with Gasteiger partial charge in [-0.3, -0.25) is 4.79 Å². The average Bonchev–Trinajstić information content (AvgIpc) is 3.14. The molecule has 1 saturated heterocycles. The summed E-state index contributed by atoms with van der Waals surface area (Å²) in [7, 11) is 0. The Hall–Kier alpha value is -2.34. The maximum atomic E-state index is 12.2. The molecule has 0 saturated carbocycles. The molecular formula is C18H25N3O3. The Labute approximate surface area is 142 Å². The number of rotatable bonds is 7. The van der Waals surface area contributed by atoms with E-state index in [9.17, 15) is 9.59 Å². The Morgan fingerprint density at radius 3 is 2.58 bits per heavy atom. The van der Waals surface area contributed by atoms with E-state index in [0.717, 1.165) is 31.5 Å². The number of nitrogens with zero attached hydrogens (tertiary/aromatic N) is 2. The lowest BCUT2D eigenvalue weighted by Gasteiger charge is -2.22. The summed E-state index contributed by atoms with van der Waals surface area (Å²) in [6.07, 6.45) is 5.85. The van der Waals surface area contributed by atoms with Gasteiger partial charge in [-0.15, -0.1) is 0 Å². The lowest BCUT2D eigenvalue weighted by atomic mass is 10.2. The molecule has 1 aliphatic rings. The van der Waals surface area contributed by atoms with E-state index in [0.29, 0.717) is 6.54 Å². The molecule has 0 aliphatic carbocycles. The lowest BCUT2D eigenvalue weighted by molar-refractivity contribution is -0.129. The first kappa shape index (κ1) is 18.0. The van der Waals surface area contributed by atoms with Crippen molar-refractivity contribution in [1.29, 1.82) is 0 Å². The van der Waals surface area contributed by atoms with Gasteiger partial charge in [-0.1, -0.05) is 42.5 Å². The fourth-order valence-corrected chi connectivity index (χ4v) is 2.62. The first-order valence-electron chi connectivity index (χ1n) is 8.33. The number of urea groups is 1. The Balaban J connectivity index is 1.80. The topological polar surface area (TPSA) is 72.9 Å². The highest BCUT2D eigenvalue weighted by molar-refractivity contribution is 5.84. The summed E-state index contributed by atoms with van der Waals surface area (Å²) in [4.78, 5) is 27.4. The number of carbonyl (C=O) groups excluding carboxylic acids is 2. The number of aliphatic hydroxyl groups excluding tert-OH is 1. The lowest BCUT2D eigenvalue weighted by Crippen LogP contribution is -2.46. The molecule has 0 aromatic heterocycles. The third kappa shape index (κ3) is 5.70. The summed E-state index contributed by atoms with van der Waals surface area (Å²) in [5.74, 6) is -0.0513. The molecule has 1 aromatic carbocycles. The van der Waals surface area contributed by atoms with E-state index in [4.69, 9.17) is 5.11 Å². The van der Waals surface area contributed by atoms with Gasteiger partial charge in [0.25, 0.3) is 0 Å². The van der Waals surface area contributed by atoms with Gasteiger partial charge in [-0.2, -0.15) is 0 Å². The van der Waals surface area contributed by atoms with Gasteiger partial charge in [-0.05, 0) is 18.4 Å². The molecular weight excluding hydrogens is 306 g/mol. The van der Waals surface area contributed by atoms with Crippen LogP contribution in [0.1, 0.15) is 18.4 Å². The van der Waals surface area contributed by atoms with Gasteiger partial charge in [0.05, 0.1) is 13.2 Å². The van der Waals surface area contributed by atoms with Gasteiger partial charge < -0.3 is 20.2 Å². The molecule has 2 rings (SSSR count). The van der Waals surface area contributed by atoms with Crippen molar-refractivity contribution in [3.05, 3.63) is 42.0 Å². The zero-order valence-corrected chi connectivity index (χ0v) is 13.9. The van der Waals surface area contributed by atoms with Crippen molar-refractivity contribution >= 4 is 18.0 Å². The molecule has 0 spiro atoms. The van der Waals surface area contributed by atoms with Gasteiger partial charge >= 0.3 is 6.03 Å². The van der Waals surface area contributed by atoms with Gasteiger partial charge in [0, 0.05) is 26.2 Å². The first-order valence-corrected chi connectivity index (χ1v) is 8.33. The van der Waals surface area contributed by atoms with Crippen molar-refractivity contribution in [2.24, 2.45) is 0 Å². The van der Waals surface area contributed by atoms with Crippen LogP contribution in [0.5, 0.6) is 0 Å². The van der Waals surface area contributed by atoms with Gasteiger partial charge in [0.2, 0.25) is 5.91 Å². The van der Waals surface area contributed by atoms with Crippen molar-refractivity contribution in [2.45, 2.75) is 12.8 Å². The molecule has 130 valence electrons. The molecule has 6 heteroatoms. The van der Waals surface area contributed by atoms with E-state index in [-0.39, 0.29) is 31.6 Å². The Kier molecular flexibility index (Phi) is 7.29. The Morgan fingerprint density at radius 2 is 1.92 bits per heavy atom. The second-order valence-electron chi connectivity index (χ2n) is 5.73. The minimum Gasteiger partial charge on any atom is -0.395 e. The number of likely N-dealkylation sites (tertiary alicyclic amines) is 1. The van der Waals surface area contributed by atoms with Crippen LogP contribution >= 0.6 is 0 Å². The molecule has 3 amide bonds. The highest BCUT2D eigenvalue weighted by atomic mass is 16.3. The SMILES string of the molecule is O=C(CNC(=O)N(C/C=C/c1ccccc1)CCO)N1CCCC1. The van der Waals surface area contributed by atoms with Crippen molar-refractivity contribution in [3.63, 3.8) is 0 Å². The molecule has 1 aliphatic heterocycles. The van der Waals surface area contributed by atoms with Crippen LogP contribution in [0.25, 0.3) is 6.08 Å². The molecule has 1 heterocycles. The Morgan fingerprint density at radius 1 is 1.21 bits per heavy atom. The fraction of sp³-hybridized carbons (Fsp3) is 0.444. The molecule has 1 fully saturated rings. The largest absolute Gasteiger partial charge is 0.395 e. The number of carbonyl (C=O) groups is 2. The minimum atomic E-state index is -0.339. The van der Waals surface area contributed by atoms with Gasteiger partial charge in [0.15, 0.2) is 0 Å². The summed E-state index contributed by atoms with van der Waals surface area (Å²) in [6, 6.07) is 9.45. The third-order valence-corrected chi connectivity index (χ3v) is 3.94. The number of benzene rings is 1. The van der Waals surface area contributed by atoms with Crippen LogP contribution in [0.3, 0.4) is 0 Å². The predicted molar refractivity (Wildman–Crippen MR) is 93.3 cm³/mol. The number of hydrogen-bond donors (Lipinski definition) is 2. The normalized spacial score (nSPS) is 14.1. The van der Waals surface area contributed by atoms with Crippen molar-refractivity contribution in [2.75, 3.05) is 39.3 Å². The smallest absolute Gasteiger partial charge is 0.318 e. The number of nitrogens with one attached hydrogen (secondary N) is 1. The fourth-order valence-electron chi connectivity index (χ4n) is 2.62. The van der Waals surface area contributed by atoms with Crippen LogP contribution in [0.2, 0.25) is 0 Å². The molecule has 24 heavy (non-hydrogen) atoms. The van der Waals surface area contributed by atoms with Crippen LogP contribution in [0, 0.1) is 0 Å². The summed E-state index contributed by atoms with van der Waals surface area (Å²) in [5.41, 5.74) is 1.05. The van der Waals surface area contributed by atoms with Crippen molar-refractivity contribution in [1.82, 2.24) is 15.1 Å². The summed E-state index contributed by atoms with van der Waals surface area (Å²) in [6.45, 7) is 2.03. The number of aliphatic hydroxyl groups is 1. The zero-order valence-electron chi connectivity index (χ0n) is 13.9. The number of hydrogen-bond acceptors (Lipinski definition) is 3. The molecule has 0 radical (unpaired) electrons. The maximum Gasteiger partial charge on any atom is 0.318 e. The highest BCUT2D eigenvalue weighted by Crippen LogP contribution is 2.07. The quantitative estimate of drug-likeness (QED) is 0.792. The second kappa shape index (κ2) is 9.72. The van der Waals surface area contributed by atoms with E-state index in [2.05, 4.69) is 5.32 Å². The molecule has 0 atom stereocenters. The average molecular weight is 331 g/mol. The minimum absolute atomic E-state index is 0.00314. The highest BCUT2D eigenvalue weighted by Gasteiger charge is 2.19. The summed E-state index contributed by atoms with van der Waals surface area (Å²) >= 11 is 0. The van der Waals surface area contributed by atoms with E-state index in [1.165, 1.54) is 4.90 Å². The molecule has 2 N–H and O–H groups in total. The van der Waals surface area contributed by atoms with Crippen molar-refractivity contribution in [3.8, 4) is 0 Å². The molecule has 0 bridgehead atoms. The van der Waals surface area contributed by atoms with E-state index in [1.54, 1.807) is 4.90 Å². The van der Waals surface area contributed by atoms with Crippen LogP contribution < -0.4 is 5.32 Å². The summed E-state index contributed by atoms with van der Waals surface area (Å²) in [5, 5.41) is 11.8. The Bertz CT molecular complexity index is 554. The van der Waals surface area contributed by atoms with Gasteiger partial charge in [0.1, 0.15) is 0 Å². The molecule has 0 unspecified atom stereocenters. The van der Waals surface area contributed by atoms with Crippen LogP contribution in [0.15, 0.2) is 36.4 Å². The maximum absolute atomic E-state index is 12.2.